The Morgan fingerprint density at radius 1 is 1.14 bits per heavy atom. The van der Waals surface area contributed by atoms with E-state index in [0.717, 1.165) is 61.8 Å². The maximum Gasteiger partial charge on any atom is 0.191 e. The van der Waals surface area contributed by atoms with E-state index >= 15 is 0 Å². The fourth-order valence-corrected chi connectivity index (χ4v) is 3.64. The molecule has 3 aromatic rings. The second kappa shape index (κ2) is 8.59. The van der Waals surface area contributed by atoms with Crippen molar-refractivity contribution in [1.82, 2.24) is 25.2 Å². The Labute approximate surface area is 170 Å². The number of fused-ring (bicyclic) bond motifs is 1. The molecular weight excluding hydrogens is 367 g/mol. The van der Waals surface area contributed by atoms with Crippen molar-refractivity contribution in [3.63, 3.8) is 0 Å². The standard InChI is InChI=1S/C22H27FN6/c1-2-24-21(26-16-22(12-13-22)17-8-3-4-9-18(17)23)25-14-7-11-20-28-27-19-10-5-6-15-29(19)20/h3-6,8-10,15H,2,7,11-14,16H2,1H3,(H2,24,25,26). The molecule has 2 heterocycles. The first-order valence-electron chi connectivity index (χ1n) is 10.3. The van der Waals surface area contributed by atoms with Gasteiger partial charge in [0.15, 0.2) is 11.6 Å². The van der Waals surface area contributed by atoms with Gasteiger partial charge in [0.25, 0.3) is 0 Å². The van der Waals surface area contributed by atoms with Gasteiger partial charge in [-0.05, 0) is 49.9 Å². The Bertz CT molecular complexity index is 992. The van der Waals surface area contributed by atoms with Crippen molar-refractivity contribution in [2.75, 3.05) is 19.6 Å². The van der Waals surface area contributed by atoms with Crippen molar-refractivity contribution in [3.8, 4) is 0 Å². The van der Waals surface area contributed by atoms with E-state index in [1.807, 2.05) is 47.9 Å². The van der Waals surface area contributed by atoms with Gasteiger partial charge in [0.1, 0.15) is 11.6 Å². The molecule has 7 heteroatoms. The molecule has 0 bridgehead atoms. The molecule has 2 aromatic heterocycles. The van der Waals surface area contributed by atoms with Gasteiger partial charge in [0.05, 0.1) is 6.54 Å². The number of halogens is 1. The first kappa shape index (κ1) is 19.4. The lowest BCUT2D eigenvalue weighted by molar-refractivity contribution is 0.572. The molecule has 0 atom stereocenters. The minimum absolute atomic E-state index is 0.126. The SMILES string of the molecule is CCNC(=NCC1(c2ccccc2F)CC1)NCCCc1nnc2ccccn12. The van der Waals surface area contributed by atoms with Crippen LogP contribution in [0.2, 0.25) is 0 Å². The van der Waals surface area contributed by atoms with Crippen LogP contribution in [0.1, 0.15) is 37.6 Å². The Hall–Kier alpha value is -2.96. The van der Waals surface area contributed by atoms with Crippen LogP contribution in [0.15, 0.2) is 53.7 Å². The topological polar surface area (TPSA) is 66.6 Å². The quantitative estimate of drug-likeness (QED) is 0.350. The summed E-state index contributed by atoms with van der Waals surface area (Å²) >= 11 is 0. The zero-order valence-electron chi connectivity index (χ0n) is 16.7. The molecule has 152 valence electrons. The number of aryl methyl sites for hydroxylation is 1. The molecule has 0 amide bonds. The van der Waals surface area contributed by atoms with Crippen LogP contribution >= 0.6 is 0 Å². The number of pyridine rings is 1. The van der Waals surface area contributed by atoms with Crippen molar-refractivity contribution in [2.24, 2.45) is 4.99 Å². The normalized spacial score (nSPS) is 15.4. The van der Waals surface area contributed by atoms with Gasteiger partial charge < -0.3 is 10.6 Å². The average molecular weight is 394 g/mol. The van der Waals surface area contributed by atoms with Crippen LogP contribution < -0.4 is 10.6 Å². The summed E-state index contributed by atoms with van der Waals surface area (Å²) in [5.41, 5.74) is 1.51. The van der Waals surface area contributed by atoms with Gasteiger partial charge in [-0.1, -0.05) is 24.3 Å². The minimum atomic E-state index is -0.145. The number of guanidine groups is 1. The highest BCUT2D eigenvalue weighted by atomic mass is 19.1. The van der Waals surface area contributed by atoms with Crippen LogP contribution in [0.3, 0.4) is 0 Å². The molecule has 2 N–H and O–H groups in total. The van der Waals surface area contributed by atoms with Gasteiger partial charge in [0, 0.05) is 31.1 Å². The Kier molecular flexibility index (Phi) is 5.74. The van der Waals surface area contributed by atoms with Gasteiger partial charge in [-0.25, -0.2) is 4.39 Å². The van der Waals surface area contributed by atoms with Crippen molar-refractivity contribution in [2.45, 2.75) is 38.0 Å². The molecule has 0 saturated heterocycles. The van der Waals surface area contributed by atoms with E-state index in [1.54, 1.807) is 6.07 Å². The van der Waals surface area contributed by atoms with E-state index in [0.29, 0.717) is 6.54 Å². The molecule has 1 aliphatic carbocycles. The maximum atomic E-state index is 14.2. The number of aromatic nitrogens is 3. The number of benzene rings is 1. The van der Waals surface area contributed by atoms with Crippen molar-refractivity contribution in [3.05, 3.63) is 65.9 Å². The molecular formula is C22H27FN6. The van der Waals surface area contributed by atoms with E-state index in [-0.39, 0.29) is 11.2 Å². The predicted molar refractivity (Wildman–Crippen MR) is 113 cm³/mol. The lowest BCUT2D eigenvalue weighted by Gasteiger charge is -2.16. The third-order valence-electron chi connectivity index (χ3n) is 5.44. The molecule has 0 unspecified atom stereocenters. The van der Waals surface area contributed by atoms with Crippen molar-refractivity contribution >= 4 is 11.6 Å². The van der Waals surface area contributed by atoms with E-state index in [9.17, 15) is 4.39 Å². The Morgan fingerprint density at radius 3 is 2.76 bits per heavy atom. The smallest absolute Gasteiger partial charge is 0.191 e. The van der Waals surface area contributed by atoms with E-state index < -0.39 is 0 Å². The molecule has 0 aliphatic heterocycles. The number of hydrogen-bond acceptors (Lipinski definition) is 3. The van der Waals surface area contributed by atoms with Crippen LogP contribution in [0.25, 0.3) is 5.65 Å². The highest BCUT2D eigenvalue weighted by Crippen LogP contribution is 2.49. The molecule has 1 fully saturated rings. The molecule has 1 aromatic carbocycles. The molecule has 1 saturated carbocycles. The summed E-state index contributed by atoms with van der Waals surface area (Å²) in [4.78, 5) is 4.74. The highest BCUT2D eigenvalue weighted by molar-refractivity contribution is 5.79. The second-order valence-electron chi connectivity index (χ2n) is 7.53. The van der Waals surface area contributed by atoms with E-state index in [2.05, 4.69) is 20.8 Å². The summed E-state index contributed by atoms with van der Waals surface area (Å²) in [6.07, 6.45) is 5.70. The largest absolute Gasteiger partial charge is 0.357 e. The lowest BCUT2D eigenvalue weighted by atomic mass is 9.95. The molecule has 6 nitrogen and oxygen atoms in total. The highest BCUT2D eigenvalue weighted by Gasteiger charge is 2.45. The van der Waals surface area contributed by atoms with Gasteiger partial charge in [0.2, 0.25) is 0 Å². The summed E-state index contributed by atoms with van der Waals surface area (Å²) in [7, 11) is 0. The van der Waals surface area contributed by atoms with E-state index in [1.165, 1.54) is 6.07 Å². The second-order valence-corrected chi connectivity index (χ2v) is 7.53. The van der Waals surface area contributed by atoms with Crippen LogP contribution in [-0.4, -0.2) is 40.2 Å². The van der Waals surface area contributed by atoms with Crippen LogP contribution in [0.5, 0.6) is 0 Å². The van der Waals surface area contributed by atoms with Crippen molar-refractivity contribution in [1.29, 1.82) is 0 Å². The Balaban J connectivity index is 1.33. The summed E-state index contributed by atoms with van der Waals surface area (Å²) < 4.78 is 16.2. The van der Waals surface area contributed by atoms with Crippen LogP contribution in [0.4, 0.5) is 4.39 Å². The number of hydrogen-bond donors (Lipinski definition) is 2. The van der Waals surface area contributed by atoms with Gasteiger partial charge in [-0.2, -0.15) is 0 Å². The molecule has 29 heavy (non-hydrogen) atoms. The zero-order chi connectivity index (χ0) is 20.1. The average Bonchev–Trinajstić information content (AvgIpc) is 3.42. The summed E-state index contributed by atoms with van der Waals surface area (Å²) in [5.74, 6) is 1.61. The fourth-order valence-electron chi connectivity index (χ4n) is 3.64. The number of rotatable bonds is 8. The van der Waals surface area contributed by atoms with Gasteiger partial charge in [-0.15, -0.1) is 10.2 Å². The van der Waals surface area contributed by atoms with Gasteiger partial charge >= 0.3 is 0 Å². The summed E-state index contributed by atoms with van der Waals surface area (Å²) in [6, 6.07) is 13.0. The van der Waals surface area contributed by atoms with Gasteiger partial charge in [-0.3, -0.25) is 9.39 Å². The number of aliphatic imine (C=N–C) groups is 1. The zero-order valence-corrected chi connectivity index (χ0v) is 16.7. The maximum absolute atomic E-state index is 14.2. The summed E-state index contributed by atoms with van der Waals surface area (Å²) in [6.45, 7) is 4.20. The van der Waals surface area contributed by atoms with E-state index in [4.69, 9.17) is 4.99 Å². The lowest BCUT2D eigenvalue weighted by Crippen LogP contribution is -2.38. The Morgan fingerprint density at radius 2 is 1.97 bits per heavy atom. The van der Waals surface area contributed by atoms with Crippen molar-refractivity contribution < 1.29 is 4.39 Å². The molecule has 0 spiro atoms. The fraction of sp³-hybridized carbons (Fsp3) is 0.409. The molecule has 1 aliphatic rings. The monoisotopic (exact) mass is 394 g/mol. The minimum Gasteiger partial charge on any atom is -0.357 e. The molecule has 4 rings (SSSR count). The number of nitrogens with one attached hydrogen (secondary N) is 2. The number of nitrogens with zero attached hydrogens (tertiary/aromatic N) is 4. The third kappa shape index (κ3) is 4.39. The predicted octanol–water partition coefficient (Wildman–Crippen LogP) is 3.09. The summed E-state index contributed by atoms with van der Waals surface area (Å²) in [5, 5.41) is 15.1. The molecule has 0 radical (unpaired) electrons. The van der Waals surface area contributed by atoms with Crippen LogP contribution in [-0.2, 0) is 11.8 Å². The first-order valence-corrected chi connectivity index (χ1v) is 10.3. The van der Waals surface area contributed by atoms with Crippen LogP contribution in [0, 0.1) is 5.82 Å². The third-order valence-corrected chi connectivity index (χ3v) is 5.44. The first-order chi connectivity index (χ1) is 14.2.